The molecule has 1 heterocycles. The zero-order chi connectivity index (χ0) is 9.97. The van der Waals surface area contributed by atoms with Gasteiger partial charge in [-0.3, -0.25) is 0 Å². The molecule has 0 bridgehead atoms. The fraction of sp³-hybridized carbons (Fsp3) is 0.100. The molecule has 2 nitrogen and oxygen atoms in total. The molecule has 0 aliphatic heterocycles. The summed E-state index contributed by atoms with van der Waals surface area (Å²) < 4.78 is 0. The zero-order valence-corrected chi connectivity index (χ0v) is 8.79. The molecule has 1 aromatic heterocycles. The second-order valence-electron chi connectivity index (χ2n) is 2.84. The van der Waals surface area contributed by atoms with Crippen molar-refractivity contribution in [3.8, 4) is 0 Å². The molecule has 1 aromatic carbocycles. The van der Waals surface area contributed by atoms with Crippen LogP contribution in [0.15, 0.2) is 35.2 Å². The lowest BCUT2D eigenvalue weighted by Gasteiger charge is -2.09. The van der Waals surface area contributed by atoms with Crippen LogP contribution in [0.1, 0.15) is 17.4 Å². The third-order valence-electron chi connectivity index (χ3n) is 1.93. The minimum atomic E-state index is -0.727. The molecule has 0 radical (unpaired) electrons. The number of thiazole rings is 1. The second-order valence-corrected chi connectivity index (χ2v) is 3.96. The summed E-state index contributed by atoms with van der Waals surface area (Å²) in [5.74, 6) is 0. The molecule has 14 heavy (non-hydrogen) atoms. The number of aliphatic hydroxyl groups excluding tert-OH is 1. The largest absolute Gasteiger partial charge is 0.382 e. The summed E-state index contributed by atoms with van der Waals surface area (Å²) in [6, 6.07) is 7.23. The Labute approximate surface area is 90.8 Å². The molecule has 1 unspecified atom stereocenters. The van der Waals surface area contributed by atoms with Crippen LogP contribution >= 0.6 is 22.9 Å². The number of aromatic nitrogens is 1. The number of hydrogen-bond acceptors (Lipinski definition) is 3. The number of benzene rings is 1. The first kappa shape index (κ1) is 9.65. The molecular weight excluding hydrogens is 218 g/mol. The third kappa shape index (κ3) is 1.80. The van der Waals surface area contributed by atoms with E-state index in [0.717, 1.165) is 0 Å². The molecule has 0 amide bonds. The van der Waals surface area contributed by atoms with Crippen molar-refractivity contribution in [3.05, 3.63) is 51.4 Å². The fourth-order valence-corrected chi connectivity index (χ4v) is 2.02. The van der Waals surface area contributed by atoms with Gasteiger partial charge in [-0.1, -0.05) is 29.8 Å². The van der Waals surface area contributed by atoms with Gasteiger partial charge in [0.1, 0.15) is 6.10 Å². The lowest BCUT2D eigenvalue weighted by molar-refractivity contribution is 0.216. The van der Waals surface area contributed by atoms with E-state index in [1.165, 1.54) is 11.3 Å². The van der Waals surface area contributed by atoms with Crippen LogP contribution in [-0.2, 0) is 0 Å². The van der Waals surface area contributed by atoms with Crippen LogP contribution in [0, 0.1) is 0 Å². The summed E-state index contributed by atoms with van der Waals surface area (Å²) in [7, 11) is 0. The van der Waals surface area contributed by atoms with Crippen LogP contribution in [0.5, 0.6) is 0 Å². The monoisotopic (exact) mass is 225 g/mol. The normalized spacial score (nSPS) is 12.7. The Hall–Kier alpha value is -0.900. The second kappa shape index (κ2) is 4.09. The van der Waals surface area contributed by atoms with Crippen molar-refractivity contribution in [3.63, 3.8) is 0 Å². The van der Waals surface area contributed by atoms with Crippen LogP contribution in [0.4, 0.5) is 0 Å². The number of nitrogens with zero attached hydrogens (tertiary/aromatic N) is 1. The van der Waals surface area contributed by atoms with Crippen molar-refractivity contribution in [2.75, 3.05) is 0 Å². The Morgan fingerprint density at radius 2 is 2.14 bits per heavy atom. The van der Waals surface area contributed by atoms with E-state index in [0.29, 0.717) is 16.3 Å². The van der Waals surface area contributed by atoms with Gasteiger partial charge in [-0.25, -0.2) is 4.98 Å². The molecule has 0 saturated carbocycles. The maximum atomic E-state index is 9.92. The highest BCUT2D eigenvalue weighted by molar-refractivity contribution is 7.07. The van der Waals surface area contributed by atoms with E-state index in [1.54, 1.807) is 17.6 Å². The topological polar surface area (TPSA) is 33.1 Å². The average Bonchev–Trinajstić information content (AvgIpc) is 2.70. The van der Waals surface area contributed by atoms with Gasteiger partial charge in [0.2, 0.25) is 0 Å². The van der Waals surface area contributed by atoms with Crippen LogP contribution in [0.3, 0.4) is 0 Å². The van der Waals surface area contributed by atoms with Gasteiger partial charge in [-0.05, 0) is 6.07 Å². The quantitative estimate of drug-likeness (QED) is 0.853. The fourth-order valence-electron chi connectivity index (χ4n) is 1.21. The summed E-state index contributed by atoms with van der Waals surface area (Å²) >= 11 is 7.41. The van der Waals surface area contributed by atoms with E-state index in [9.17, 15) is 5.11 Å². The summed E-state index contributed by atoms with van der Waals surface area (Å²) in [4.78, 5) is 4.04. The molecule has 2 rings (SSSR count). The van der Waals surface area contributed by atoms with Crippen molar-refractivity contribution >= 4 is 22.9 Å². The standard InChI is InChI=1S/C10H8ClNOS/c11-8-4-2-1-3-7(8)10(13)9-5-14-6-12-9/h1-6,10,13H. The van der Waals surface area contributed by atoms with Crippen molar-refractivity contribution in [1.29, 1.82) is 0 Å². The first-order chi connectivity index (χ1) is 6.79. The van der Waals surface area contributed by atoms with Gasteiger partial charge in [0.05, 0.1) is 11.2 Å². The third-order valence-corrected chi connectivity index (χ3v) is 2.88. The maximum absolute atomic E-state index is 9.92. The molecule has 4 heteroatoms. The molecule has 1 N–H and O–H groups in total. The summed E-state index contributed by atoms with van der Waals surface area (Å²) in [6.07, 6.45) is -0.727. The predicted molar refractivity (Wildman–Crippen MR) is 57.6 cm³/mol. The Morgan fingerprint density at radius 1 is 1.36 bits per heavy atom. The van der Waals surface area contributed by atoms with Crippen molar-refractivity contribution in [2.24, 2.45) is 0 Å². The molecule has 72 valence electrons. The minimum Gasteiger partial charge on any atom is -0.382 e. The Morgan fingerprint density at radius 3 is 2.79 bits per heavy atom. The van der Waals surface area contributed by atoms with Gasteiger partial charge in [0.15, 0.2) is 0 Å². The molecule has 0 saturated heterocycles. The number of rotatable bonds is 2. The molecule has 0 aliphatic carbocycles. The van der Waals surface area contributed by atoms with Crippen molar-refractivity contribution in [1.82, 2.24) is 4.98 Å². The molecule has 1 atom stereocenters. The van der Waals surface area contributed by atoms with Gasteiger partial charge in [0, 0.05) is 16.0 Å². The first-order valence-corrected chi connectivity index (χ1v) is 5.41. The van der Waals surface area contributed by atoms with Gasteiger partial charge in [0.25, 0.3) is 0 Å². The number of halogens is 1. The maximum Gasteiger partial charge on any atom is 0.123 e. The van der Waals surface area contributed by atoms with E-state index in [-0.39, 0.29) is 0 Å². The van der Waals surface area contributed by atoms with Crippen molar-refractivity contribution < 1.29 is 5.11 Å². The van der Waals surface area contributed by atoms with Crippen LogP contribution in [-0.4, -0.2) is 10.1 Å². The lowest BCUT2D eigenvalue weighted by atomic mass is 10.1. The van der Waals surface area contributed by atoms with Crippen LogP contribution < -0.4 is 0 Å². The predicted octanol–water partition coefficient (Wildman–Crippen LogP) is 2.88. The van der Waals surface area contributed by atoms with Gasteiger partial charge < -0.3 is 5.11 Å². The average molecular weight is 226 g/mol. The smallest absolute Gasteiger partial charge is 0.123 e. The zero-order valence-electron chi connectivity index (χ0n) is 7.22. The van der Waals surface area contributed by atoms with Gasteiger partial charge >= 0.3 is 0 Å². The van der Waals surface area contributed by atoms with E-state index >= 15 is 0 Å². The highest BCUT2D eigenvalue weighted by Gasteiger charge is 2.14. The first-order valence-electron chi connectivity index (χ1n) is 4.09. The minimum absolute atomic E-state index is 0.563. The molecule has 2 aromatic rings. The highest BCUT2D eigenvalue weighted by atomic mass is 35.5. The molecule has 0 aliphatic rings. The lowest BCUT2D eigenvalue weighted by Crippen LogP contribution is -2.00. The summed E-state index contributed by atoms with van der Waals surface area (Å²) in [5.41, 5.74) is 3.03. The van der Waals surface area contributed by atoms with E-state index in [4.69, 9.17) is 11.6 Å². The van der Waals surface area contributed by atoms with Crippen molar-refractivity contribution in [2.45, 2.75) is 6.10 Å². The van der Waals surface area contributed by atoms with E-state index < -0.39 is 6.10 Å². The number of hydrogen-bond donors (Lipinski definition) is 1. The molecule has 0 spiro atoms. The Balaban J connectivity index is 2.37. The van der Waals surface area contributed by atoms with Gasteiger partial charge in [-0.2, -0.15) is 0 Å². The van der Waals surface area contributed by atoms with Gasteiger partial charge in [-0.15, -0.1) is 11.3 Å². The highest BCUT2D eigenvalue weighted by Crippen LogP contribution is 2.27. The van der Waals surface area contributed by atoms with Crippen LogP contribution in [0.25, 0.3) is 0 Å². The Bertz CT molecular complexity index is 416. The van der Waals surface area contributed by atoms with E-state index in [1.807, 2.05) is 17.5 Å². The summed E-state index contributed by atoms with van der Waals surface area (Å²) in [6.45, 7) is 0. The molecular formula is C10H8ClNOS. The molecule has 0 fully saturated rings. The Kier molecular flexibility index (Phi) is 2.82. The SMILES string of the molecule is OC(c1cscn1)c1ccccc1Cl. The number of aliphatic hydroxyl groups is 1. The van der Waals surface area contributed by atoms with Crippen LogP contribution in [0.2, 0.25) is 5.02 Å². The summed E-state index contributed by atoms with van der Waals surface area (Å²) in [5, 5.41) is 12.3. The van der Waals surface area contributed by atoms with E-state index in [2.05, 4.69) is 4.98 Å².